The fourth-order valence-electron chi connectivity index (χ4n) is 2.64. The number of carbonyl (C=O) groups excluding carboxylic acids is 1. The van der Waals surface area contributed by atoms with Crippen molar-refractivity contribution in [2.75, 3.05) is 6.61 Å². The minimum absolute atomic E-state index is 0.246. The van der Waals surface area contributed by atoms with Gasteiger partial charge in [-0.15, -0.1) is 0 Å². The highest BCUT2D eigenvalue weighted by Crippen LogP contribution is 2.28. The minimum Gasteiger partial charge on any atom is -0.493 e. The summed E-state index contributed by atoms with van der Waals surface area (Å²) in [6, 6.07) is 4.22. The molecule has 0 saturated heterocycles. The van der Waals surface area contributed by atoms with E-state index in [0.29, 0.717) is 12.4 Å². The van der Waals surface area contributed by atoms with Crippen molar-refractivity contribution in [2.45, 2.75) is 46.5 Å². The number of Topliss-reactive ketones (excluding diaryl/α,β-unsaturated/α-hetero) is 1. The predicted octanol–water partition coefficient (Wildman–Crippen LogP) is 3.75. The maximum atomic E-state index is 11.5. The molecule has 0 bridgehead atoms. The molecule has 1 aliphatic rings. The Hall–Kier alpha value is -1.31. The molecule has 1 atom stereocenters. The molecule has 0 amide bonds. The predicted molar refractivity (Wildman–Crippen MR) is 73.1 cm³/mol. The Morgan fingerprint density at radius 2 is 1.94 bits per heavy atom. The monoisotopic (exact) mass is 246 g/mol. The van der Waals surface area contributed by atoms with E-state index >= 15 is 0 Å². The fourth-order valence-corrected chi connectivity index (χ4v) is 2.64. The molecule has 98 valence electrons. The van der Waals surface area contributed by atoms with Gasteiger partial charge < -0.3 is 4.74 Å². The zero-order valence-corrected chi connectivity index (χ0v) is 11.6. The number of hydrogen-bond acceptors (Lipinski definition) is 2. The Labute approximate surface area is 109 Å². The summed E-state index contributed by atoms with van der Waals surface area (Å²) in [4.78, 5) is 11.5. The van der Waals surface area contributed by atoms with Gasteiger partial charge in [-0.2, -0.15) is 0 Å². The average Bonchev–Trinajstić information content (AvgIpc) is 2.74. The Balaban J connectivity index is 1.94. The number of rotatable bonds is 4. The van der Waals surface area contributed by atoms with Crippen LogP contribution in [-0.2, 0) is 4.79 Å². The molecule has 2 rings (SSSR count). The molecule has 0 aliphatic heterocycles. The van der Waals surface area contributed by atoms with Gasteiger partial charge in [0.05, 0.1) is 6.61 Å². The van der Waals surface area contributed by atoms with Crippen molar-refractivity contribution in [2.24, 2.45) is 5.92 Å². The topological polar surface area (TPSA) is 26.3 Å². The zero-order chi connectivity index (χ0) is 13.1. The van der Waals surface area contributed by atoms with Gasteiger partial charge in [0, 0.05) is 12.3 Å². The highest BCUT2D eigenvalue weighted by atomic mass is 16.5. The minimum atomic E-state index is 0.246. The summed E-state index contributed by atoms with van der Waals surface area (Å²) in [5, 5.41) is 0. The van der Waals surface area contributed by atoms with E-state index < -0.39 is 0 Å². The SMILES string of the molecule is Cc1ccc(C)c(OCCC2CCCC2=O)c1C. The smallest absolute Gasteiger partial charge is 0.136 e. The molecule has 18 heavy (non-hydrogen) atoms. The third-order valence-corrected chi connectivity index (χ3v) is 4.02. The van der Waals surface area contributed by atoms with Crippen LogP contribution < -0.4 is 4.74 Å². The van der Waals surface area contributed by atoms with Crippen molar-refractivity contribution in [1.29, 1.82) is 0 Å². The molecule has 1 aliphatic carbocycles. The van der Waals surface area contributed by atoms with E-state index in [4.69, 9.17) is 4.74 Å². The highest BCUT2D eigenvalue weighted by molar-refractivity contribution is 5.82. The molecule has 1 aromatic rings. The second-order valence-corrected chi connectivity index (χ2v) is 5.35. The van der Waals surface area contributed by atoms with Crippen molar-refractivity contribution in [3.8, 4) is 5.75 Å². The first-order valence-corrected chi connectivity index (χ1v) is 6.82. The van der Waals surface area contributed by atoms with E-state index in [1.54, 1.807) is 0 Å². The average molecular weight is 246 g/mol. The van der Waals surface area contributed by atoms with Crippen LogP contribution in [0, 0.1) is 26.7 Å². The number of ketones is 1. The van der Waals surface area contributed by atoms with Gasteiger partial charge >= 0.3 is 0 Å². The summed E-state index contributed by atoms with van der Waals surface area (Å²) in [6.07, 6.45) is 3.75. The Morgan fingerprint density at radius 3 is 2.61 bits per heavy atom. The zero-order valence-electron chi connectivity index (χ0n) is 11.6. The van der Waals surface area contributed by atoms with Crippen molar-refractivity contribution < 1.29 is 9.53 Å². The number of benzene rings is 1. The van der Waals surface area contributed by atoms with Gasteiger partial charge in [-0.3, -0.25) is 4.79 Å². The van der Waals surface area contributed by atoms with E-state index in [0.717, 1.165) is 31.4 Å². The number of carbonyl (C=O) groups is 1. The molecular formula is C16H22O2. The molecule has 1 aromatic carbocycles. The lowest BCUT2D eigenvalue weighted by Crippen LogP contribution is -2.12. The molecule has 0 radical (unpaired) electrons. The second-order valence-electron chi connectivity index (χ2n) is 5.35. The van der Waals surface area contributed by atoms with Crippen molar-refractivity contribution in [3.05, 3.63) is 28.8 Å². The van der Waals surface area contributed by atoms with Crippen LogP contribution in [0.4, 0.5) is 0 Å². The molecule has 0 aromatic heterocycles. The standard InChI is InChI=1S/C16H22O2/c1-11-7-8-12(2)16(13(11)3)18-10-9-14-5-4-6-15(14)17/h7-8,14H,4-6,9-10H2,1-3H3. The lowest BCUT2D eigenvalue weighted by atomic mass is 10.0. The second kappa shape index (κ2) is 5.55. The summed E-state index contributed by atoms with van der Waals surface area (Å²) in [5.41, 5.74) is 3.65. The third-order valence-electron chi connectivity index (χ3n) is 4.02. The number of hydrogen-bond donors (Lipinski definition) is 0. The first-order valence-electron chi connectivity index (χ1n) is 6.82. The fraction of sp³-hybridized carbons (Fsp3) is 0.562. The lowest BCUT2D eigenvalue weighted by molar-refractivity contribution is -0.121. The summed E-state index contributed by atoms with van der Waals surface area (Å²) in [7, 11) is 0. The van der Waals surface area contributed by atoms with E-state index in [2.05, 4.69) is 32.9 Å². The van der Waals surface area contributed by atoms with E-state index in [-0.39, 0.29) is 5.92 Å². The van der Waals surface area contributed by atoms with E-state index in [1.807, 2.05) is 0 Å². The number of aryl methyl sites for hydroxylation is 2. The van der Waals surface area contributed by atoms with Crippen LogP contribution in [0.2, 0.25) is 0 Å². The normalized spacial score (nSPS) is 19.3. The van der Waals surface area contributed by atoms with Gasteiger partial charge in [-0.1, -0.05) is 12.1 Å². The summed E-state index contributed by atoms with van der Waals surface area (Å²) < 4.78 is 5.91. The van der Waals surface area contributed by atoms with Gasteiger partial charge in [0.2, 0.25) is 0 Å². The molecule has 0 N–H and O–H groups in total. The summed E-state index contributed by atoms with van der Waals surface area (Å²) in [5.74, 6) is 1.67. The Bertz CT molecular complexity index is 449. The van der Waals surface area contributed by atoms with Gasteiger partial charge in [0.1, 0.15) is 11.5 Å². The third kappa shape index (κ3) is 2.74. The maximum absolute atomic E-state index is 11.5. The summed E-state index contributed by atoms with van der Waals surface area (Å²) in [6.45, 7) is 6.92. The van der Waals surface area contributed by atoms with Gasteiger partial charge in [-0.25, -0.2) is 0 Å². The van der Waals surface area contributed by atoms with Crippen LogP contribution >= 0.6 is 0 Å². The lowest BCUT2D eigenvalue weighted by Gasteiger charge is -2.15. The van der Waals surface area contributed by atoms with Crippen LogP contribution in [0.1, 0.15) is 42.4 Å². The van der Waals surface area contributed by atoms with Gasteiger partial charge in [0.15, 0.2) is 0 Å². The van der Waals surface area contributed by atoms with E-state index in [9.17, 15) is 4.79 Å². The Kier molecular flexibility index (Phi) is 4.05. The largest absolute Gasteiger partial charge is 0.493 e. The van der Waals surface area contributed by atoms with Crippen LogP contribution in [0.3, 0.4) is 0 Å². The van der Waals surface area contributed by atoms with Crippen molar-refractivity contribution in [1.82, 2.24) is 0 Å². The van der Waals surface area contributed by atoms with Crippen molar-refractivity contribution >= 4 is 5.78 Å². The van der Waals surface area contributed by atoms with Gasteiger partial charge in [-0.05, 0) is 56.7 Å². The first kappa shape index (κ1) is 13.1. The molecule has 2 heteroatoms. The molecule has 1 fully saturated rings. The highest BCUT2D eigenvalue weighted by Gasteiger charge is 2.24. The summed E-state index contributed by atoms with van der Waals surface area (Å²) >= 11 is 0. The molecule has 0 spiro atoms. The van der Waals surface area contributed by atoms with Crippen LogP contribution in [-0.4, -0.2) is 12.4 Å². The van der Waals surface area contributed by atoms with Crippen LogP contribution in [0.15, 0.2) is 12.1 Å². The van der Waals surface area contributed by atoms with Crippen LogP contribution in [0.25, 0.3) is 0 Å². The van der Waals surface area contributed by atoms with Gasteiger partial charge in [0.25, 0.3) is 0 Å². The maximum Gasteiger partial charge on any atom is 0.136 e. The quantitative estimate of drug-likeness (QED) is 0.808. The van der Waals surface area contributed by atoms with Crippen molar-refractivity contribution in [3.63, 3.8) is 0 Å². The van der Waals surface area contributed by atoms with Crippen LogP contribution in [0.5, 0.6) is 5.75 Å². The molecule has 1 saturated carbocycles. The molecular weight excluding hydrogens is 224 g/mol. The molecule has 2 nitrogen and oxygen atoms in total. The molecule has 1 unspecified atom stereocenters. The first-order chi connectivity index (χ1) is 8.59. The van der Waals surface area contributed by atoms with E-state index in [1.165, 1.54) is 16.7 Å². The molecule has 0 heterocycles. The Morgan fingerprint density at radius 1 is 1.22 bits per heavy atom. The number of ether oxygens (including phenoxy) is 1.